The summed E-state index contributed by atoms with van der Waals surface area (Å²) < 4.78 is 13.6. The number of benzene rings is 1. The number of hydrazone groups is 1. The van der Waals surface area contributed by atoms with Crippen molar-refractivity contribution in [3.05, 3.63) is 71.7 Å². The molecular formula is C21H27FN6. The van der Waals surface area contributed by atoms with Crippen LogP contribution in [0.4, 0.5) is 10.2 Å². The highest BCUT2D eigenvalue weighted by molar-refractivity contribution is 6.03. The molecule has 0 aliphatic rings. The molecule has 0 saturated carbocycles. The molecule has 0 spiro atoms. The lowest BCUT2D eigenvalue weighted by Crippen LogP contribution is -2.39. The quantitative estimate of drug-likeness (QED) is 0.232. The van der Waals surface area contributed by atoms with Gasteiger partial charge in [-0.3, -0.25) is 5.01 Å². The molecule has 1 heterocycles. The van der Waals surface area contributed by atoms with Gasteiger partial charge in [0, 0.05) is 11.8 Å². The highest BCUT2D eigenvalue weighted by atomic mass is 19.1. The van der Waals surface area contributed by atoms with E-state index in [2.05, 4.69) is 36.1 Å². The van der Waals surface area contributed by atoms with Crippen molar-refractivity contribution in [2.45, 2.75) is 26.7 Å². The number of anilines is 1. The minimum Gasteiger partial charge on any atom is -0.383 e. The number of aromatic nitrogens is 1. The first kappa shape index (κ1) is 21.1. The molecule has 0 aliphatic carbocycles. The van der Waals surface area contributed by atoms with E-state index in [1.54, 1.807) is 19.2 Å². The zero-order valence-corrected chi connectivity index (χ0v) is 16.4. The molecule has 6 nitrogen and oxygen atoms in total. The predicted octanol–water partition coefficient (Wildman–Crippen LogP) is 3.68. The van der Waals surface area contributed by atoms with Crippen LogP contribution in [0, 0.1) is 0 Å². The maximum absolute atomic E-state index is 13.6. The molecule has 7 heteroatoms. The van der Waals surface area contributed by atoms with Crippen molar-refractivity contribution in [2.75, 3.05) is 12.3 Å². The Balaban J connectivity index is 2.38. The van der Waals surface area contributed by atoms with E-state index in [9.17, 15) is 4.39 Å². The van der Waals surface area contributed by atoms with Gasteiger partial charge in [0.15, 0.2) is 5.84 Å². The summed E-state index contributed by atoms with van der Waals surface area (Å²) in [5.74, 6) is 12.0. The molecule has 0 atom stereocenters. The van der Waals surface area contributed by atoms with Crippen LogP contribution in [0.15, 0.2) is 65.7 Å². The fourth-order valence-electron chi connectivity index (χ4n) is 2.69. The molecule has 28 heavy (non-hydrogen) atoms. The van der Waals surface area contributed by atoms with E-state index in [4.69, 9.17) is 17.4 Å². The Bertz CT molecular complexity index is 902. The Kier molecular flexibility index (Phi) is 7.28. The number of halogens is 1. The van der Waals surface area contributed by atoms with Crippen LogP contribution in [0.25, 0.3) is 11.1 Å². The van der Waals surface area contributed by atoms with Crippen molar-refractivity contribution in [2.24, 2.45) is 16.8 Å². The Labute approximate surface area is 165 Å². The lowest BCUT2D eigenvalue weighted by Gasteiger charge is -2.20. The molecule has 1 aromatic carbocycles. The van der Waals surface area contributed by atoms with Crippen molar-refractivity contribution in [3.63, 3.8) is 0 Å². The largest absolute Gasteiger partial charge is 0.383 e. The summed E-state index contributed by atoms with van der Waals surface area (Å²) in [7, 11) is 0. The SMILES string of the molecule is C/C=C\C(F)=C/CN(N)/C(=N\N)c1cc(-c2cccc(C(C)C)c2)cnc1N. The second-order valence-corrected chi connectivity index (χ2v) is 6.63. The molecule has 0 bridgehead atoms. The second-order valence-electron chi connectivity index (χ2n) is 6.63. The first-order valence-corrected chi connectivity index (χ1v) is 9.02. The van der Waals surface area contributed by atoms with Gasteiger partial charge in [-0.15, -0.1) is 0 Å². The number of hydrazine groups is 1. The van der Waals surface area contributed by atoms with Crippen LogP contribution in [0.5, 0.6) is 0 Å². The van der Waals surface area contributed by atoms with Gasteiger partial charge in [0.2, 0.25) is 0 Å². The number of nitrogen functional groups attached to an aromatic ring is 1. The van der Waals surface area contributed by atoms with E-state index in [0.717, 1.165) is 11.1 Å². The monoisotopic (exact) mass is 382 g/mol. The first-order chi connectivity index (χ1) is 13.4. The first-order valence-electron chi connectivity index (χ1n) is 9.02. The number of hydrogen-bond acceptors (Lipinski definition) is 5. The third kappa shape index (κ3) is 5.17. The molecule has 0 radical (unpaired) electrons. The van der Waals surface area contributed by atoms with E-state index >= 15 is 0 Å². The molecule has 0 aliphatic heterocycles. The zero-order valence-electron chi connectivity index (χ0n) is 16.4. The normalized spacial score (nSPS) is 12.8. The fourth-order valence-corrected chi connectivity index (χ4v) is 2.69. The topological polar surface area (TPSA) is 107 Å². The number of rotatable bonds is 6. The van der Waals surface area contributed by atoms with Gasteiger partial charge in [0.25, 0.3) is 0 Å². The van der Waals surface area contributed by atoms with Crippen molar-refractivity contribution in [3.8, 4) is 11.1 Å². The maximum Gasteiger partial charge on any atom is 0.173 e. The number of pyridine rings is 1. The van der Waals surface area contributed by atoms with Gasteiger partial charge in [-0.25, -0.2) is 15.2 Å². The third-order valence-corrected chi connectivity index (χ3v) is 4.25. The maximum atomic E-state index is 13.6. The van der Waals surface area contributed by atoms with Crippen molar-refractivity contribution < 1.29 is 4.39 Å². The number of amidine groups is 1. The van der Waals surface area contributed by atoms with Gasteiger partial charge >= 0.3 is 0 Å². The van der Waals surface area contributed by atoms with Crippen LogP contribution in [0.3, 0.4) is 0 Å². The lowest BCUT2D eigenvalue weighted by atomic mass is 9.97. The lowest BCUT2D eigenvalue weighted by molar-refractivity contribution is 0.482. The average molecular weight is 382 g/mol. The molecule has 0 saturated heterocycles. The summed E-state index contributed by atoms with van der Waals surface area (Å²) in [5.41, 5.74) is 9.59. The van der Waals surface area contributed by atoms with Gasteiger partial charge in [0.1, 0.15) is 11.6 Å². The van der Waals surface area contributed by atoms with Gasteiger partial charge in [-0.05, 0) is 42.2 Å². The summed E-state index contributed by atoms with van der Waals surface area (Å²) in [4.78, 5) is 4.26. The Morgan fingerprint density at radius 2 is 2.04 bits per heavy atom. The predicted molar refractivity (Wildman–Crippen MR) is 114 cm³/mol. The minimum atomic E-state index is -0.403. The molecule has 6 N–H and O–H groups in total. The second kappa shape index (κ2) is 9.66. The van der Waals surface area contributed by atoms with E-state index in [1.807, 2.05) is 18.2 Å². The van der Waals surface area contributed by atoms with Crippen molar-refractivity contribution in [1.29, 1.82) is 0 Å². The molecule has 2 aromatic rings. The van der Waals surface area contributed by atoms with E-state index < -0.39 is 5.83 Å². The molecule has 0 unspecified atom stereocenters. The van der Waals surface area contributed by atoms with Crippen LogP contribution >= 0.6 is 0 Å². The van der Waals surface area contributed by atoms with Crippen molar-refractivity contribution >= 4 is 11.7 Å². The summed E-state index contributed by atoms with van der Waals surface area (Å²) >= 11 is 0. The third-order valence-electron chi connectivity index (χ3n) is 4.25. The van der Waals surface area contributed by atoms with Gasteiger partial charge in [-0.2, -0.15) is 5.10 Å². The van der Waals surface area contributed by atoms with Crippen LogP contribution in [-0.4, -0.2) is 22.4 Å². The molecule has 0 fully saturated rings. The molecule has 0 amide bonds. The van der Waals surface area contributed by atoms with E-state index in [-0.39, 0.29) is 18.2 Å². The van der Waals surface area contributed by atoms with E-state index in [1.165, 1.54) is 22.7 Å². The standard InChI is InChI=1S/C21H27FN6/c1-4-6-18(22)9-10-28(25)21(27-24)19-12-17(13-26-20(19)23)16-8-5-7-15(11-16)14(2)3/h4-9,11-14H,10,24-25H2,1-3H3,(H2,23,26)/b6-4-,18-9+,27-21-. The Morgan fingerprint density at radius 3 is 2.68 bits per heavy atom. The van der Waals surface area contributed by atoms with Crippen LogP contribution in [0.2, 0.25) is 0 Å². The highest BCUT2D eigenvalue weighted by Gasteiger charge is 2.16. The molecule has 148 valence electrons. The molecule has 1 aromatic heterocycles. The van der Waals surface area contributed by atoms with Gasteiger partial charge < -0.3 is 11.6 Å². The summed E-state index contributed by atoms with van der Waals surface area (Å²) in [5, 5.41) is 4.98. The Morgan fingerprint density at radius 1 is 1.29 bits per heavy atom. The smallest absolute Gasteiger partial charge is 0.173 e. The Hall–Kier alpha value is -3.19. The van der Waals surface area contributed by atoms with Crippen LogP contribution < -0.4 is 17.4 Å². The van der Waals surface area contributed by atoms with Gasteiger partial charge in [-0.1, -0.05) is 44.2 Å². The van der Waals surface area contributed by atoms with E-state index in [0.29, 0.717) is 11.5 Å². The van der Waals surface area contributed by atoms with Crippen LogP contribution in [0.1, 0.15) is 37.8 Å². The number of hydrogen-bond donors (Lipinski definition) is 3. The van der Waals surface area contributed by atoms with Gasteiger partial charge in [0.05, 0.1) is 12.1 Å². The molecule has 2 rings (SSSR count). The number of nitrogens with zero attached hydrogens (tertiary/aromatic N) is 3. The molecular weight excluding hydrogens is 355 g/mol. The zero-order chi connectivity index (χ0) is 20.7. The number of nitrogens with two attached hydrogens (primary N) is 3. The summed E-state index contributed by atoms with van der Waals surface area (Å²) in [6.07, 6.45) is 5.95. The minimum absolute atomic E-state index is 0.0682. The highest BCUT2D eigenvalue weighted by Crippen LogP contribution is 2.26. The summed E-state index contributed by atoms with van der Waals surface area (Å²) in [6.45, 7) is 6.07. The van der Waals surface area contributed by atoms with Crippen LogP contribution in [-0.2, 0) is 0 Å². The number of allylic oxidation sites excluding steroid dienone is 3. The average Bonchev–Trinajstić information content (AvgIpc) is 2.68. The summed E-state index contributed by atoms with van der Waals surface area (Å²) in [6, 6.07) is 10.0. The van der Waals surface area contributed by atoms with Crippen molar-refractivity contribution in [1.82, 2.24) is 9.99 Å². The fraction of sp³-hybridized carbons (Fsp3) is 0.238.